The van der Waals surface area contributed by atoms with Crippen LogP contribution in [0.15, 0.2) is 29.3 Å². The van der Waals surface area contributed by atoms with Gasteiger partial charge in [0.15, 0.2) is 0 Å². The summed E-state index contributed by atoms with van der Waals surface area (Å²) in [5.41, 5.74) is 1.98. The van der Waals surface area contributed by atoms with Gasteiger partial charge in [-0.15, -0.1) is 11.8 Å². The van der Waals surface area contributed by atoms with E-state index in [1.54, 1.807) is 11.8 Å². The molecule has 0 bridgehead atoms. The summed E-state index contributed by atoms with van der Waals surface area (Å²) in [6, 6.07) is 8.39. The molecule has 5 heteroatoms. The fraction of sp³-hybridized carbons (Fsp3) is 0.471. The molecule has 3 rings (SSSR count). The quantitative estimate of drug-likeness (QED) is 0.832. The van der Waals surface area contributed by atoms with Crippen LogP contribution in [0.25, 0.3) is 10.9 Å². The molecule has 1 amide bonds. The van der Waals surface area contributed by atoms with Gasteiger partial charge in [0.2, 0.25) is 0 Å². The Morgan fingerprint density at radius 3 is 2.82 bits per heavy atom. The van der Waals surface area contributed by atoms with Gasteiger partial charge in [-0.1, -0.05) is 25.1 Å². The van der Waals surface area contributed by atoms with Crippen molar-refractivity contribution in [3.05, 3.63) is 29.8 Å². The molecule has 0 spiro atoms. The summed E-state index contributed by atoms with van der Waals surface area (Å²) in [6.45, 7) is 7.78. The number of carbonyl (C=O) groups excluding carboxylic acids is 1. The van der Waals surface area contributed by atoms with Gasteiger partial charge >= 0.3 is 6.09 Å². The summed E-state index contributed by atoms with van der Waals surface area (Å²) in [4.78, 5) is 15.5. The highest BCUT2D eigenvalue weighted by atomic mass is 32.2. The van der Waals surface area contributed by atoms with Crippen LogP contribution in [0, 0.1) is 0 Å². The molecule has 1 aliphatic rings. The summed E-state index contributed by atoms with van der Waals surface area (Å²) in [7, 11) is 0. The molecular weight excluding hydrogens is 296 g/mol. The van der Waals surface area contributed by atoms with Gasteiger partial charge in [0.05, 0.1) is 5.03 Å². The topological polar surface area (TPSA) is 54.1 Å². The zero-order valence-electron chi connectivity index (χ0n) is 13.4. The molecule has 2 aromatic rings. The van der Waals surface area contributed by atoms with Crippen LogP contribution in [-0.4, -0.2) is 28.0 Å². The Labute approximate surface area is 135 Å². The van der Waals surface area contributed by atoms with Gasteiger partial charge < -0.3 is 15.0 Å². The van der Waals surface area contributed by atoms with Crippen LogP contribution in [0.4, 0.5) is 4.79 Å². The van der Waals surface area contributed by atoms with Crippen molar-refractivity contribution in [3.8, 4) is 0 Å². The molecular formula is C17H22N2O2S. The van der Waals surface area contributed by atoms with E-state index in [2.05, 4.69) is 35.4 Å². The first-order valence-electron chi connectivity index (χ1n) is 7.59. The lowest BCUT2D eigenvalue weighted by molar-refractivity contribution is 0.0503. The summed E-state index contributed by atoms with van der Waals surface area (Å²) in [5, 5.41) is 5.79. The zero-order chi connectivity index (χ0) is 15.9. The first kappa shape index (κ1) is 15.3. The Morgan fingerprint density at radius 2 is 2.09 bits per heavy atom. The molecule has 1 aliphatic heterocycles. The number of carbonyl (C=O) groups is 1. The Morgan fingerprint density at radius 1 is 1.36 bits per heavy atom. The van der Waals surface area contributed by atoms with Crippen molar-refractivity contribution >= 4 is 28.8 Å². The van der Waals surface area contributed by atoms with Crippen LogP contribution in [0.2, 0.25) is 0 Å². The third kappa shape index (κ3) is 3.09. The normalized spacial score (nSPS) is 21.5. The molecule has 0 saturated carbocycles. The fourth-order valence-corrected chi connectivity index (χ4v) is 3.96. The fourth-order valence-electron chi connectivity index (χ4n) is 2.76. The number of thioether (sulfide) groups is 1. The number of aromatic nitrogens is 1. The third-order valence-electron chi connectivity index (χ3n) is 3.77. The number of nitrogens with one attached hydrogen (secondary N) is 2. The highest BCUT2D eigenvalue weighted by Gasteiger charge is 2.31. The number of aromatic amines is 1. The van der Waals surface area contributed by atoms with Crippen molar-refractivity contribution in [2.75, 3.05) is 0 Å². The number of alkyl carbamates (subject to hydrolysis) is 1. The Balaban J connectivity index is 1.80. The van der Waals surface area contributed by atoms with E-state index >= 15 is 0 Å². The molecule has 118 valence electrons. The Hall–Kier alpha value is -1.62. The number of para-hydroxylation sites is 1. The molecule has 0 aliphatic carbocycles. The van der Waals surface area contributed by atoms with E-state index in [0.717, 1.165) is 11.9 Å². The number of amides is 1. The highest BCUT2D eigenvalue weighted by molar-refractivity contribution is 8.00. The average molecular weight is 318 g/mol. The number of rotatable bonds is 1. The number of ether oxygens (including phenoxy) is 1. The van der Waals surface area contributed by atoms with Crippen LogP contribution >= 0.6 is 11.8 Å². The van der Waals surface area contributed by atoms with E-state index in [4.69, 9.17) is 4.74 Å². The van der Waals surface area contributed by atoms with E-state index in [9.17, 15) is 4.79 Å². The maximum atomic E-state index is 12.0. The number of hydrogen-bond acceptors (Lipinski definition) is 3. The summed E-state index contributed by atoms with van der Waals surface area (Å²) >= 11 is 1.78. The molecule has 0 saturated heterocycles. The van der Waals surface area contributed by atoms with E-state index in [0.29, 0.717) is 5.25 Å². The van der Waals surface area contributed by atoms with E-state index in [1.807, 2.05) is 26.8 Å². The minimum absolute atomic E-state index is 0.0755. The van der Waals surface area contributed by atoms with Gasteiger partial charge in [-0.2, -0.15) is 0 Å². The van der Waals surface area contributed by atoms with Crippen molar-refractivity contribution in [2.45, 2.75) is 56.0 Å². The number of benzene rings is 1. The second kappa shape index (κ2) is 5.54. The number of fused-ring (bicyclic) bond motifs is 3. The van der Waals surface area contributed by atoms with Crippen molar-refractivity contribution in [1.82, 2.24) is 10.3 Å². The molecule has 2 heterocycles. The summed E-state index contributed by atoms with van der Waals surface area (Å²) in [6.07, 6.45) is 0.487. The molecule has 4 nitrogen and oxygen atoms in total. The average Bonchev–Trinajstić information content (AvgIpc) is 2.74. The lowest BCUT2D eigenvalue weighted by Crippen LogP contribution is -2.46. The molecule has 0 unspecified atom stereocenters. The van der Waals surface area contributed by atoms with Crippen molar-refractivity contribution in [2.24, 2.45) is 0 Å². The number of H-pyrrole nitrogens is 1. The first-order chi connectivity index (χ1) is 10.3. The highest BCUT2D eigenvalue weighted by Crippen LogP contribution is 2.38. The first-order valence-corrected chi connectivity index (χ1v) is 8.47. The second-order valence-corrected chi connectivity index (χ2v) is 8.15. The maximum Gasteiger partial charge on any atom is 0.407 e. The van der Waals surface area contributed by atoms with Gasteiger partial charge in [-0.25, -0.2) is 4.79 Å². The lowest BCUT2D eigenvalue weighted by atomic mass is 10.0. The maximum absolute atomic E-state index is 12.0. The lowest BCUT2D eigenvalue weighted by Gasteiger charge is -2.30. The largest absolute Gasteiger partial charge is 0.444 e. The predicted molar refractivity (Wildman–Crippen MR) is 90.5 cm³/mol. The Kier molecular flexibility index (Phi) is 3.85. The monoisotopic (exact) mass is 318 g/mol. The number of hydrogen-bond donors (Lipinski definition) is 2. The SMILES string of the molecule is C[C@H]1Sc2[nH]c3ccccc3c2C[C@@H]1NC(=O)OC(C)(C)C. The van der Waals surface area contributed by atoms with Crippen LogP contribution in [-0.2, 0) is 11.2 Å². The van der Waals surface area contributed by atoms with Crippen LogP contribution in [0.3, 0.4) is 0 Å². The smallest absolute Gasteiger partial charge is 0.407 e. The van der Waals surface area contributed by atoms with Crippen molar-refractivity contribution < 1.29 is 9.53 Å². The van der Waals surface area contributed by atoms with Gasteiger partial charge in [0.1, 0.15) is 5.60 Å². The second-order valence-electron chi connectivity index (χ2n) is 6.76. The van der Waals surface area contributed by atoms with Gasteiger partial charge in [0, 0.05) is 22.2 Å². The summed E-state index contributed by atoms with van der Waals surface area (Å²) < 4.78 is 5.38. The van der Waals surface area contributed by atoms with E-state index < -0.39 is 5.60 Å². The molecule has 0 fully saturated rings. The molecule has 22 heavy (non-hydrogen) atoms. The minimum Gasteiger partial charge on any atom is -0.444 e. The molecule has 2 atom stereocenters. The predicted octanol–water partition coefficient (Wildman–Crippen LogP) is 4.10. The Bertz CT molecular complexity index is 702. The summed E-state index contributed by atoms with van der Waals surface area (Å²) in [5.74, 6) is 0. The van der Waals surface area contributed by atoms with Gasteiger partial charge in [-0.05, 0) is 38.8 Å². The van der Waals surface area contributed by atoms with Crippen molar-refractivity contribution in [3.63, 3.8) is 0 Å². The zero-order valence-corrected chi connectivity index (χ0v) is 14.2. The standard InChI is InChI=1S/C17H22N2O2S/c1-10-14(19-16(20)21-17(2,3)4)9-12-11-7-5-6-8-13(11)18-15(12)22-10/h5-8,10,14,18H,9H2,1-4H3,(H,19,20)/t10-,14+/m1/s1. The van der Waals surface area contributed by atoms with Crippen molar-refractivity contribution in [1.29, 1.82) is 0 Å². The third-order valence-corrected chi connectivity index (χ3v) is 5.06. The minimum atomic E-state index is -0.471. The molecule has 1 aromatic carbocycles. The van der Waals surface area contributed by atoms with Crippen LogP contribution < -0.4 is 5.32 Å². The molecule has 0 radical (unpaired) electrons. The van der Waals surface area contributed by atoms with E-state index in [1.165, 1.54) is 16.0 Å². The van der Waals surface area contributed by atoms with Crippen LogP contribution in [0.5, 0.6) is 0 Å². The van der Waals surface area contributed by atoms with E-state index in [-0.39, 0.29) is 12.1 Å². The van der Waals surface area contributed by atoms with Gasteiger partial charge in [-0.3, -0.25) is 0 Å². The van der Waals surface area contributed by atoms with Crippen LogP contribution in [0.1, 0.15) is 33.3 Å². The molecule has 2 N–H and O–H groups in total. The van der Waals surface area contributed by atoms with Gasteiger partial charge in [0.25, 0.3) is 0 Å². The molecule has 1 aromatic heterocycles.